The van der Waals surface area contributed by atoms with E-state index in [2.05, 4.69) is 30.2 Å². The van der Waals surface area contributed by atoms with Crippen molar-refractivity contribution in [2.75, 3.05) is 18.9 Å². The van der Waals surface area contributed by atoms with Crippen molar-refractivity contribution in [3.8, 4) is 17.2 Å². The van der Waals surface area contributed by atoms with Gasteiger partial charge in [-0.1, -0.05) is 24.6 Å². The van der Waals surface area contributed by atoms with Gasteiger partial charge in [0.1, 0.15) is 23.0 Å². The van der Waals surface area contributed by atoms with Crippen LogP contribution in [0.2, 0.25) is 5.02 Å². The summed E-state index contributed by atoms with van der Waals surface area (Å²) in [7, 11) is -1.05. The quantitative estimate of drug-likeness (QED) is 0.421. The van der Waals surface area contributed by atoms with Gasteiger partial charge in [0.25, 0.3) is 0 Å². The van der Waals surface area contributed by atoms with Crippen LogP contribution in [0.25, 0.3) is 5.69 Å². The number of carbonyl (C=O) groups excluding carboxylic acids is 1. The fraction of sp³-hybridized carbons (Fsp3) is 0.409. The van der Waals surface area contributed by atoms with E-state index in [1.165, 1.54) is 31.2 Å². The van der Waals surface area contributed by atoms with Crippen molar-refractivity contribution in [2.45, 2.75) is 43.9 Å². The van der Waals surface area contributed by atoms with Gasteiger partial charge in [-0.25, -0.2) is 18.4 Å². The lowest BCUT2D eigenvalue weighted by molar-refractivity contribution is -0.119. The zero-order chi connectivity index (χ0) is 26.0. The van der Waals surface area contributed by atoms with Crippen LogP contribution in [0.4, 0.5) is 5.95 Å². The molecule has 0 radical (unpaired) electrons. The number of nitrogens with zero attached hydrogens (tertiary/aromatic N) is 5. The molecule has 2 unspecified atom stereocenters. The molecule has 0 aliphatic carbocycles. The first-order valence-electron chi connectivity index (χ1n) is 11.1. The molecule has 4 rings (SSSR count). The van der Waals surface area contributed by atoms with Gasteiger partial charge in [-0.15, -0.1) is 10.2 Å². The van der Waals surface area contributed by atoms with Crippen molar-refractivity contribution in [3.05, 3.63) is 47.3 Å². The Kier molecular flexibility index (Phi) is 7.31. The molecule has 1 aromatic carbocycles. The van der Waals surface area contributed by atoms with Crippen molar-refractivity contribution >= 4 is 33.5 Å². The summed E-state index contributed by atoms with van der Waals surface area (Å²) in [6.07, 6.45) is 3.62. The standard InChI is InChI=1S/C22H26ClN7O5S/c1-12(20-24-10-14(23)11-25-20)13(2)36(32,33)29-22-28-27-21(15-8-9-18(31)26-15)30(22)19-16(34-3)6-5-7-17(19)35-4/h5-7,10-13,15H,8-9H2,1-4H3,(H,26,31)(H,28,29)/t12?,13?,15-/m1/s1. The van der Waals surface area contributed by atoms with Gasteiger partial charge in [0, 0.05) is 24.7 Å². The largest absolute Gasteiger partial charge is 0.494 e. The molecule has 1 amide bonds. The van der Waals surface area contributed by atoms with Gasteiger partial charge in [0.15, 0.2) is 5.82 Å². The number of hydrogen-bond acceptors (Lipinski definition) is 9. The summed E-state index contributed by atoms with van der Waals surface area (Å²) in [6.45, 7) is 3.26. The van der Waals surface area contributed by atoms with Gasteiger partial charge in [-0.05, 0) is 25.5 Å². The highest BCUT2D eigenvalue weighted by Gasteiger charge is 2.35. The van der Waals surface area contributed by atoms with Crippen LogP contribution in [0.1, 0.15) is 50.3 Å². The van der Waals surface area contributed by atoms with Crippen LogP contribution >= 0.6 is 11.6 Å². The number of carbonyl (C=O) groups is 1. The Morgan fingerprint density at radius 1 is 1.14 bits per heavy atom. The third kappa shape index (κ3) is 4.93. The Hall–Kier alpha value is -3.45. The van der Waals surface area contributed by atoms with Crippen molar-refractivity contribution < 1.29 is 22.7 Å². The number of methoxy groups -OCH3 is 2. The van der Waals surface area contributed by atoms with Crippen LogP contribution in [0.15, 0.2) is 30.6 Å². The Morgan fingerprint density at radius 3 is 2.33 bits per heavy atom. The monoisotopic (exact) mass is 535 g/mol. The van der Waals surface area contributed by atoms with Gasteiger partial charge in [-0.2, -0.15) is 0 Å². The molecule has 12 nitrogen and oxygen atoms in total. The van der Waals surface area contributed by atoms with Crippen LogP contribution in [-0.2, 0) is 14.8 Å². The van der Waals surface area contributed by atoms with Gasteiger partial charge in [-0.3, -0.25) is 14.1 Å². The minimum Gasteiger partial charge on any atom is -0.494 e. The van der Waals surface area contributed by atoms with Crippen molar-refractivity contribution in [3.63, 3.8) is 0 Å². The van der Waals surface area contributed by atoms with Crippen LogP contribution < -0.4 is 19.5 Å². The predicted molar refractivity (Wildman–Crippen MR) is 132 cm³/mol. The molecule has 1 fully saturated rings. The van der Waals surface area contributed by atoms with Crippen molar-refractivity contribution in [1.29, 1.82) is 0 Å². The van der Waals surface area contributed by atoms with Gasteiger partial charge < -0.3 is 14.8 Å². The number of para-hydroxylation sites is 1. The Bertz CT molecular complexity index is 1340. The number of benzene rings is 1. The van der Waals surface area contributed by atoms with Gasteiger partial charge in [0.2, 0.25) is 21.9 Å². The highest BCUT2D eigenvalue weighted by molar-refractivity contribution is 7.93. The van der Waals surface area contributed by atoms with E-state index in [0.29, 0.717) is 46.7 Å². The average molecular weight is 536 g/mol. The van der Waals surface area contributed by atoms with Crippen molar-refractivity contribution in [2.24, 2.45) is 0 Å². The number of ether oxygens (including phenoxy) is 2. The maximum atomic E-state index is 13.5. The Morgan fingerprint density at radius 2 is 1.78 bits per heavy atom. The maximum absolute atomic E-state index is 13.5. The summed E-state index contributed by atoms with van der Waals surface area (Å²) >= 11 is 5.86. The lowest BCUT2D eigenvalue weighted by atomic mass is 10.1. The normalized spacial score (nSPS) is 17.4. The minimum atomic E-state index is -4.02. The molecule has 3 heterocycles. The zero-order valence-electron chi connectivity index (χ0n) is 20.1. The molecule has 3 aromatic rings. The van der Waals surface area contributed by atoms with E-state index in [1.54, 1.807) is 32.0 Å². The first-order chi connectivity index (χ1) is 17.2. The molecule has 0 spiro atoms. The molecular weight excluding hydrogens is 510 g/mol. The number of sulfonamides is 1. The molecule has 14 heteroatoms. The number of rotatable bonds is 9. The number of nitrogens with one attached hydrogen (secondary N) is 2. The second kappa shape index (κ2) is 10.3. The molecule has 192 valence electrons. The maximum Gasteiger partial charge on any atom is 0.243 e. The topological polar surface area (TPSA) is 150 Å². The summed E-state index contributed by atoms with van der Waals surface area (Å²) in [4.78, 5) is 20.2. The lowest BCUT2D eigenvalue weighted by Crippen LogP contribution is -2.31. The van der Waals surface area contributed by atoms with Gasteiger partial charge in [0.05, 0.1) is 30.5 Å². The van der Waals surface area contributed by atoms with Gasteiger partial charge >= 0.3 is 0 Å². The summed E-state index contributed by atoms with van der Waals surface area (Å²) in [5.74, 6) is 0.694. The van der Waals surface area contributed by atoms with Crippen LogP contribution in [0, 0.1) is 0 Å². The van der Waals surface area contributed by atoms with Crippen molar-refractivity contribution in [1.82, 2.24) is 30.0 Å². The van der Waals surface area contributed by atoms with Crippen LogP contribution in [0.3, 0.4) is 0 Å². The van der Waals surface area contributed by atoms with E-state index in [9.17, 15) is 13.2 Å². The molecule has 0 saturated carbocycles. The number of hydrogen-bond donors (Lipinski definition) is 2. The number of aromatic nitrogens is 5. The van der Waals surface area contributed by atoms with Crippen LogP contribution in [0.5, 0.6) is 11.5 Å². The molecule has 1 saturated heterocycles. The summed E-state index contributed by atoms with van der Waals surface area (Å²) in [5.41, 5.74) is 0.392. The molecule has 2 N–H and O–H groups in total. The van der Waals surface area contributed by atoms with E-state index in [-0.39, 0.29) is 11.9 Å². The molecule has 3 atom stereocenters. The third-order valence-electron chi connectivity index (χ3n) is 6.10. The SMILES string of the molecule is COc1cccc(OC)c1-n1c(NS(=O)(=O)C(C)C(C)c2ncc(Cl)cn2)nnc1[C@H]1CCC(=O)N1. The molecule has 0 bridgehead atoms. The third-order valence-corrected chi connectivity index (χ3v) is 8.14. The molecule has 1 aliphatic heterocycles. The summed E-state index contributed by atoms with van der Waals surface area (Å²) in [5, 5.41) is 10.6. The van der Waals surface area contributed by atoms with E-state index < -0.39 is 27.2 Å². The first kappa shape index (κ1) is 25.6. The second-order valence-electron chi connectivity index (χ2n) is 8.29. The Labute approximate surface area is 213 Å². The average Bonchev–Trinajstić information content (AvgIpc) is 3.48. The molecule has 1 aliphatic rings. The number of amides is 1. The first-order valence-corrected chi connectivity index (χ1v) is 13.0. The minimum absolute atomic E-state index is 0.0787. The predicted octanol–water partition coefficient (Wildman–Crippen LogP) is 2.61. The summed E-state index contributed by atoms with van der Waals surface area (Å²) in [6, 6.07) is 4.67. The van der Waals surface area contributed by atoms with E-state index in [1.807, 2.05) is 0 Å². The fourth-order valence-corrected chi connectivity index (χ4v) is 5.25. The molecular formula is C22H26ClN7O5S. The molecule has 36 heavy (non-hydrogen) atoms. The second-order valence-corrected chi connectivity index (χ2v) is 10.8. The zero-order valence-corrected chi connectivity index (χ0v) is 21.7. The number of halogens is 1. The van der Waals surface area contributed by atoms with E-state index >= 15 is 0 Å². The highest BCUT2D eigenvalue weighted by Crippen LogP contribution is 2.38. The van der Waals surface area contributed by atoms with Crippen LogP contribution in [-0.4, -0.2) is 58.5 Å². The smallest absolute Gasteiger partial charge is 0.243 e. The fourth-order valence-electron chi connectivity index (χ4n) is 3.92. The Balaban J connectivity index is 1.77. The van der Waals surface area contributed by atoms with E-state index in [4.69, 9.17) is 21.1 Å². The molecule has 2 aromatic heterocycles. The highest BCUT2D eigenvalue weighted by atomic mass is 35.5. The number of anilines is 1. The summed E-state index contributed by atoms with van der Waals surface area (Å²) < 4.78 is 42.0. The van der Waals surface area contributed by atoms with E-state index in [0.717, 1.165) is 0 Å². The lowest BCUT2D eigenvalue weighted by Gasteiger charge is -2.22.